The number of piperazine rings is 1. The zero-order valence-electron chi connectivity index (χ0n) is 15.0. The number of benzene rings is 2. The van der Waals surface area contributed by atoms with Crippen LogP contribution in [0.25, 0.3) is 0 Å². The maximum Gasteiger partial charge on any atom is 0.293 e. The van der Waals surface area contributed by atoms with Crippen LogP contribution in [0.15, 0.2) is 42.5 Å². The maximum absolute atomic E-state index is 13.6. The van der Waals surface area contributed by atoms with Crippen LogP contribution in [0, 0.1) is 27.3 Å². The van der Waals surface area contributed by atoms with Gasteiger partial charge in [-0.25, -0.2) is 4.39 Å². The highest BCUT2D eigenvalue weighted by Gasteiger charge is 2.25. The lowest BCUT2D eigenvalue weighted by molar-refractivity contribution is -0.384. The zero-order valence-corrected chi connectivity index (χ0v) is 15.0. The van der Waals surface area contributed by atoms with Gasteiger partial charge in [-0.1, -0.05) is 12.1 Å². The lowest BCUT2D eigenvalue weighted by atomic mass is 10.1. The van der Waals surface area contributed by atoms with Crippen molar-refractivity contribution < 1.29 is 14.1 Å². The largest absolute Gasteiger partial charge is 0.363 e. The predicted octanol–water partition coefficient (Wildman–Crippen LogP) is 2.37. The monoisotopic (exact) mass is 383 g/mol. The van der Waals surface area contributed by atoms with Gasteiger partial charge in [0.1, 0.15) is 11.5 Å². The Hall–Kier alpha value is -3.51. The maximum atomic E-state index is 13.6. The zero-order chi connectivity index (χ0) is 20.1. The van der Waals surface area contributed by atoms with E-state index in [1.807, 2.05) is 15.9 Å². The summed E-state index contributed by atoms with van der Waals surface area (Å²) in [5.74, 6) is -0.809. The average Bonchev–Trinajstić information content (AvgIpc) is 2.70. The van der Waals surface area contributed by atoms with Crippen molar-refractivity contribution in [2.45, 2.75) is 0 Å². The van der Waals surface area contributed by atoms with Gasteiger partial charge in [0.25, 0.3) is 5.69 Å². The number of nitrogens with one attached hydrogen (secondary N) is 1. The third-order valence-corrected chi connectivity index (χ3v) is 4.53. The van der Waals surface area contributed by atoms with Gasteiger partial charge in [0.2, 0.25) is 5.91 Å². The Bertz CT molecular complexity index is 935. The van der Waals surface area contributed by atoms with E-state index < -0.39 is 10.7 Å². The number of para-hydroxylation sites is 1. The topological polar surface area (TPSA) is 103 Å². The van der Waals surface area contributed by atoms with Gasteiger partial charge < -0.3 is 10.2 Å². The highest BCUT2D eigenvalue weighted by Crippen LogP contribution is 2.29. The van der Waals surface area contributed by atoms with E-state index in [2.05, 4.69) is 5.32 Å². The summed E-state index contributed by atoms with van der Waals surface area (Å²) in [6.45, 7) is 2.17. The molecule has 28 heavy (non-hydrogen) atoms. The Balaban J connectivity index is 1.59. The van der Waals surface area contributed by atoms with Crippen LogP contribution in [-0.2, 0) is 4.79 Å². The van der Waals surface area contributed by atoms with E-state index >= 15 is 0 Å². The molecule has 0 atom stereocenters. The number of amides is 1. The normalized spacial score (nSPS) is 14.4. The van der Waals surface area contributed by atoms with E-state index in [1.165, 1.54) is 18.2 Å². The Labute approximate surface area is 160 Å². The smallest absolute Gasteiger partial charge is 0.293 e. The summed E-state index contributed by atoms with van der Waals surface area (Å²) in [4.78, 5) is 26.7. The molecule has 2 aromatic rings. The molecule has 1 fully saturated rings. The molecule has 1 aliphatic heterocycles. The molecular weight excluding hydrogens is 365 g/mol. The lowest BCUT2D eigenvalue weighted by Gasteiger charge is -2.35. The molecule has 3 rings (SSSR count). The average molecular weight is 383 g/mol. The molecule has 0 spiro atoms. The Morgan fingerprint density at radius 3 is 2.57 bits per heavy atom. The summed E-state index contributed by atoms with van der Waals surface area (Å²) in [6.07, 6.45) is 0. The number of carbonyl (C=O) groups excluding carboxylic acids is 1. The summed E-state index contributed by atoms with van der Waals surface area (Å²) in [5, 5.41) is 22.8. The van der Waals surface area contributed by atoms with Crippen LogP contribution < -0.4 is 10.2 Å². The molecule has 144 valence electrons. The Kier molecular flexibility index (Phi) is 5.81. The van der Waals surface area contributed by atoms with E-state index in [0.717, 1.165) is 0 Å². The molecule has 1 heterocycles. The van der Waals surface area contributed by atoms with Crippen LogP contribution >= 0.6 is 0 Å². The van der Waals surface area contributed by atoms with E-state index in [-0.39, 0.29) is 29.4 Å². The van der Waals surface area contributed by atoms with Gasteiger partial charge in [-0.2, -0.15) is 5.26 Å². The van der Waals surface area contributed by atoms with Crippen molar-refractivity contribution in [3.8, 4) is 6.07 Å². The molecule has 0 saturated carbocycles. The van der Waals surface area contributed by atoms with Gasteiger partial charge in [0, 0.05) is 32.2 Å². The molecule has 2 aromatic carbocycles. The number of anilines is 2. The number of hydrogen-bond donors (Lipinski definition) is 1. The van der Waals surface area contributed by atoms with Crippen LogP contribution in [0.5, 0.6) is 0 Å². The first-order valence-electron chi connectivity index (χ1n) is 8.68. The number of nitrogens with zero attached hydrogens (tertiary/aromatic N) is 4. The van der Waals surface area contributed by atoms with Crippen molar-refractivity contribution in [1.29, 1.82) is 5.26 Å². The fraction of sp³-hybridized carbons (Fsp3) is 0.263. The highest BCUT2D eigenvalue weighted by molar-refractivity contribution is 5.92. The number of nitriles is 1. The van der Waals surface area contributed by atoms with E-state index in [4.69, 9.17) is 5.26 Å². The minimum absolute atomic E-state index is 0.107. The second-order valence-electron chi connectivity index (χ2n) is 6.36. The first kappa shape index (κ1) is 19.3. The van der Waals surface area contributed by atoms with Gasteiger partial charge in [0.05, 0.1) is 28.8 Å². The second kappa shape index (κ2) is 8.45. The van der Waals surface area contributed by atoms with Crippen LogP contribution in [0.1, 0.15) is 5.56 Å². The summed E-state index contributed by atoms with van der Waals surface area (Å²) in [5.41, 5.74) is 0.725. The number of nitro groups is 1. The molecule has 1 N–H and O–H groups in total. The fourth-order valence-electron chi connectivity index (χ4n) is 3.11. The summed E-state index contributed by atoms with van der Waals surface area (Å²) in [7, 11) is 0. The highest BCUT2D eigenvalue weighted by atomic mass is 19.1. The number of rotatable bonds is 5. The molecule has 9 heteroatoms. The number of carbonyl (C=O) groups is 1. The SMILES string of the molecule is N#Cc1ccc(N2CCN(CC(=O)Nc3ccccc3F)CC2)c([N+](=O)[O-])c1. The number of halogens is 1. The Morgan fingerprint density at radius 1 is 1.21 bits per heavy atom. The van der Waals surface area contributed by atoms with Crippen molar-refractivity contribution in [1.82, 2.24) is 4.90 Å². The molecule has 8 nitrogen and oxygen atoms in total. The molecule has 0 unspecified atom stereocenters. The van der Waals surface area contributed by atoms with Crippen molar-refractivity contribution in [2.24, 2.45) is 0 Å². The minimum Gasteiger partial charge on any atom is -0.363 e. The first-order valence-corrected chi connectivity index (χ1v) is 8.68. The molecule has 0 radical (unpaired) electrons. The van der Waals surface area contributed by atoms with Crippen molar-refractivity contribution in [2.75, 3.05) is 42.9 Å². The molecule has 0 bridgehead atoms. The van der Waals surface area contributed by atoms with E-state index in [9.17, 15) is 19.3 Å². The summed E-state index contributed by atoms with van der Waals surface area (Å²) in [6, 6.07) is 12.3. The molecule has 0 aromatic heterocycles. The standard InChI is InChI=1S/C19H18FN5O3/c20-15-3-1-2-4-16(15)22-19(26)13-23-7-9-24(10-8-23)17-6-5-14(12-21)11-18(17)25(27)28/h1-6,11H,7-10,13H2,(H,22,26). The third kappa shape index (κ3) is 4.42. The van der Waals surface area contributed by atoms with Crippen LogP contribution in [0.3, 0.4) is 0 Å². The summed E-state index contributed by atoms with van der Waals surface area (Å²) < 4.78 is 13.6. The van der Waals surface area contributed by atoms with Gasteiger partial charge in [-0.05, 0) is 24.3 Å². The van der Waals surface area contributed by atoms with Crippen LogP contribution in [-0.4, -0.2) is 48.5 Å². The van der Waals surface area contributed by atoms with Crippen LogP contribution in [0.2, 0.25) is 0 Å². The van der Waals surface area contributed by atoms with Gasteiger partial charge in [-0.15, -0.1) is 0 Å². The predicted molar refractivity (Wildman–Crippen MR) is 101 cm³/mol. The quantitative estimate of drug-likeness (QED) is 0.628. The Morgan fingerprint density at radius 2 is 1.93 bits per heavy atom. The van der Waals surface area contributed by atoms with Gasteiger partial charge in [0.15, 0.2) is 0 Å². The third-order valence-electron chi connectivity index (χ3n) is 4.53. The second-order valence-corrected chi connectivity index (χ2v) is 6.36. The molecule has 0 aliphatic carbocycles. The van der Waals surface area contributed by atoms with E-state index in [1.54, 1.807) is 24.3 Å². The molecule has 1 amide bonds. The van der Waals surface area contributed by atoms with E-state index in [0.29, 0.717) is 31.9 Å². The minimum atomic E-state index is -0.496. The first-order chi connectivity index (χ1) is 13.5. The van der Waals surface area contributed by atoms with Crippen molar-refractivity contribution in [3.63, 3.8) is 0 Å². The van der Waals surface area contributed by atoms with Crippen LogP contribution in [0.4, 0.5) is 21.5 Å². The number of nitro benzene ring substituents is 1. The van der Waals surface area contributed by atoms with Crippen molar-refractivity contribution >= 4 is 23.0 Å². The molecule has 1 aliphatic rings. The fourth-order valence-corrected chi connectivity index (χ4v) is 3.11. The van der Waals surface area contributed by atoms with Gasteiger partial charge >= 0.3 is 0 Å². The lowest BCUT2D eigenvalue weighted by Crippen LogP contribution is -2.48. The number of hydrogen-bond acceptors (Lipinski definition) is 6. The van der Waals surface area contributed by atoms with Gasteiger partial charge in [-0.3, -0.25) is 19.8 Å². The van der Waals surface area contributed by atoms with Crippen molar-refractivity contribution in [3.05, 3.63) is 64.0 Å². The molecule has 1 saturated heterocycles. The summed E-state index contributed by atoms with van der Waals surface area (Å²) >= 11 is 0. The molecular formula is C19H18FN5O3.